The standard InChI is InChI=1S/C12H13N3/c1-3-9-10-6-8(7-13)4-5-11(10)15-12(9)14-2/h4-6,14-15H,3H2,1-2H3. The van der Waals surface area contributed by atoms with Gasteiger partial charge in [0, 0.05) is 23.5 Å². The maximum atomic E-state index is 8.85. The van der Waals surface area contributed by atoms with Crippen LogP contribution in [0.3, 0.4) is 0 Å². The van der Waals surface area contributed by atoms with Crippen molar-refractivity contribution in [1.29, 1.82) is 5.26 Å². The summed E-state index contributed by atoms with van der Waals surface area (Å²) in [6.45, 7) is 2.11. The second-order valence-electron chi connectivity index (χ2n) is 3.45. The molecule has 0 atom stereocenters. The van der Waals surface area contributed by atoms with Crippen LogP contribution in [0.15, 0.2) is 18.2 Å². The molecule has 3 nitrogen and oxygen atoms in total. The molecule has 0 amide bonds. The zero-order chi connectivity index (χ0) is 10.8. The van der Waals surface area contributed by atoms with Crippen LogP contribution in [0, 0.1) is 11.3 Å². The van der Waals surface area contributed by atoms with Crippen molar-refractivity contribution in [3.63, 3.8) is 0 Å². The summed E-state index contributed by atoms with van der Waals surface area (Å²) < 4.78 is 0. The molecule has 15 heavy (non-hydrogen) atoms. The first-order chi connectivity index (χ1) is 7.30. The monoisotopic (exact) mass is 199 g/mol. The first-order valence-electron chi connectivity index (χ1n) is 5.02. The summed E-state index contributed by atoms with van der Waals surface area (Å²) in [7, 11) is 1.90. The smallest absolute Gasteiger partial charge is 0.107 e. The molecule has 0 spiro atoms. The molecule has 0 aliphatic heterocycles. The molecule has 0 saturated carbocycles. The molecule has 1 heterocycles. The second kappa shape index (κ2) is 3.66. The fourth-order valence-electron chi connectivity index (χ4n) is 1.90. The number of hydrogen-bond acceptors (Lipinski definition) is 2. The number of H-pyrrole nitrogens is 1. The van der Waals surface area contributed by atoms with E-state index >= 15 is 0 Å². The Balaban J connectivity index is 2.74. The van der Waals surface area contributed by atoms with Crippen molar-refractivity contribution >= 4 is 16.7 Å². The van der Waals surface area contributed by atoms with Crippen molar-refractivity contribution in [3.05, 3.63) is 29.3 Å². The highest BCUT2D eigenvalue weighted by Crippen LogP contribution is 2.27. The van der Waals surface area contributed by atoms with Crippen LogP contribution >= 0.6 is 0 Å². The van der Waals surface area contributed by atoms with E-state index in [1.165, 1.54) is 5.56 Å². The summed E-state index contributed by atoms with van der Waals surface area (Å²) >= 11 is 0. The highest BCUT2D eigenvalue weighted by Gasteiger charge is 2.08. The Hall–Kier alpha value is -1.95. The Bertz CT molecular complexity index is 532. The van der Waals surface area contributed by atoms with E-state index in [0.717, 1.165) is 23.1 Å². The lowest BCUT2D eigenvalue weighted by Crippen LogP contribution is -1.91. The number of rotatable bonds is 2. The number of aryl methyl sites for hydroxylation is 1. The van der Waals surface area contributed by atoms with Gasteiger partial charge < -0.3 is 10.3 Å². The summed E-state index contributed by atoms with van der Waals surface area (Å²) in [5.41, 5.74) is 3.03. The fourth-order valence-corrected chi connectivity index (χ4v) is 1.90. The molecule has 3 heteroatoms. The molecular weight excluding hydrogens is 186 g/mol. The molecule has 1 aromatic carbocycles. The molecule has 2 rings (SSSR count). The van der Waals surface area contributed by atoms with E-state index in [4.69, 9.17) is 5.26 Å². The lowest BCUT2D eigenvalue weighted by Gasteiger charge is -1.99. The highest BCUT2D eigenvalue weighted by molar-refractivity contribution is 5.89. The number of anilines is 1. The Labute approximate surface area is 88.7 Å². The molecule has 0 aliphatic carbocycles. The van der Waals surface area contributed by atoms with E-state index in [2.05, 4.69) is 23.3 Å². The van der Waals surface area contributed by atoms with Crippen molar-refractivity contribution < 1.29 is 0 Å². The average molecular weight is 199 g/mol. The number of benzene rings is 1. The van der Waals surface area contributed by atoms with Crippen LogP contribution in [-0.4, -0.2) is 12.0 Å². The molecule has 0 fully saturated rings. The van der Waals surface area contributed by atoms with Crippen LogP contribution in [0.25, 0.3) is 10.9 Å². The number of nitriles is 1. The average Bonchev–Trinajstić information content (AvgIpc) is 2.65. The summed E-state index contributed by atoms with van der Waals surface area (Å²) in [4.78, 5) is 3.30. The summed E-state index contributed by atoms with van der Waals surface area (Å²) in [5.74, 6) is 1.04. The van der Waals surface area contributed by atoms with Crippen LogP contribution in [0.4, 0.5) is 5.82 Å². The van der Waals surface area contributed by atoms with E-state index in [1.54, 1.807) is 0 Å². The minimum atomic E-state index is 0.707. The van der Waals surface area contributed by atoms with E-state index < -0.39 is 0 Å². The maximum Gasteiger partial charge on any atom is 0.107 e. The van der Waals surface area contributed by atoms with Crippen molar-refractivity contribution in [1.82, 2.24) is 4.98 Å². The summed E-state index contributed by atoms with van der Waals surface area (Å²) in [5, 5.41) is 13.1. The van der Waals surface area contributed by atoms with Gasteiger partial charge in [-0.3, -0.25) is 0 Å². The SMILES string of the molecule is CCc1c(NC)[nH]c2ccc(C#N)cc12. The Morgan fingerprint density at radius 1 is 1.47 bits per heavy atom. The van der Waals surface area contributed by atoms with Crippen molar-refractivity contribution in [2.24, 2.45) is 0 Å². The number of nitrogens with one attached hydrogen (secondary N) is 2. The van der Waals surface area contributed by atoms with Crippen molar-refractivity contribution in [3.8, 4) is 6.07 Å². The lowest BCUT2D eigenvalue weighted by atomic mass is 10.1. The van der Waals surface area contributed by atoms with Gasteiger partial charge in [0.25, 0.3) is 0 Å². The Kier molecular flexibility index (Phi) is 2.34. The van der Waals surface area contributed by atoms with Gasteiger partial charge in [0.1, 0.15) is 5.82 Å². The largest absolute Gasteiger partial charge is 0.374 e. The predicted molar refractivity (Wildman–Crippen MR) is 61.9 cm³/mol. The molecule has 0 unspecified atom stereocenters. The topological polar surface area (TPSA) is 51.6 Å². The predicted octanol–water partition coefficient (Wildman–Crippen LogP) is 2.64. The van der Waals surface area contributed by atoms with Gasteiger partial charge in [-0.25, -0.2) is 0 Å². The van der Waals surface area contributed by atoms with Gasteiger partial charge in [0.15, 0.2) is 0 Å². The highest BCUT2D eigenvalue weighted by atomic mass is 15.0. The molecule has 1 aromatic heterocycles. The van der Waals surface area contributed by atoms with Crippen LogP contribution in [0.2, 0.25) is 0 Å². The zero-order valence-electron chi connectivity index (χ0n) is 8.89. The Morgan fingerprint density at radius 3 is 2.87 bits per heavy atom. The number of nitrogens with zero attached hydrogens (tertiary/aromatic N) is 1. The maximum absolute atomic E-state index is 8.85. The first kappa shape index (κ1) is 9.60. The van der Waals surface area contributed by atoms with Crippen LogP contribution in [0.1, 0.15) is 18.1 Å². The molecule has 0 aliphatic rings. The Morgan fingerprint density at radius 2 is 2.27 bits per heavy atom. The number of aromatic amines is 1. The van der Waals surface area contributed by atoms with E-state index in [9.17, 15) is 0 Å². The first-order valence-corrected chi connectivity index (χ1v) is 5.02. The van der Waals surface area contributed by atoms with Crippen LogP contribution in [-0.2, 0) is 6.42 Å². The van der Waals surface area contributed by atoms with Crippen LogP contribution < -0.4 is 5.32 Å². The second-order valence-corrected chi connectivity index (χ2v) is 3.45. The fraction of sp³-hybridized carbons (Fsp3) is 0.250. The van der Waals surface area contributed by atoms with E-state index in [0.29, 0.717) is 5.56 Å². The molecule has 2 aromatic rings. The van der Waals surface area contributed by atoms with Crippen molar-refractivity contribution in [2.75, 3.05) is 12.4 Å². The van der Waals surface area contributed by atoms with E-state index in [1.807, 2.05) is 25.2 Å². The molecule has 0 saturated heterocycles. The minimum Gasteiger partial charge on any atom is -0.374 e. The van der Waals surface area contributed by atoms with Gasteiger partial charge in [0.2, 0.25) is 0 Å². The van der Waals surface area contributed by atoms with E-state index in [-0.39, 0.29) is 0 Å². The van der Waals surface area contributed by atoms with Gasteiger partial charge in [0.05, 0.1) is 11.6 Å². The van der Waals surface area contributed by atoms with Gasteiger partial charge in [-0.2, -0.15) is 5.26 Å². The third-order valence-electron chi connectivity index (χ3n) is 2.64. The zero-order valence-corrected chi connectivity index (χ0v) is 8.89. The quantitative estimate of drug-likeness (QED) is 0.781. The van der Waals surface area contributed by atoms with Gasteiger partial charge in [-0.05, 0) is 24.6 Å². The number of fused-ring (bicyclic) bond motifs is 1. The summed E-state index contributed by atoms with van der Waals surface area (Å²) in [6.07, 6.45) is 0.949. The number of aromatic nitrogens is 1. The van der Waals surface area contributed by atoms with Crippen LogP contribution in [0.5, 0.6) is 0 Å². The molecule has 2 N–H and O–H groups in total. The molecule has 76 valence electrons. The minimum absolute atomic E-state index is 0.707. The van der Waals surface area contributed by atoms with Gasteiger partial charge in [-0.1, -0.05) is 6.92 Å². The van der Waals surface area contributed by atoms with Crippen molar-refractivity contribution in [2.45, 2.75) is 13.3 Å². The molecule has 0 radical (unpaired) electrons. The van der Waals surface area contributed by atoms with Gasteiger partial charge >= 0.3 is 0 Å². The molecule has 0 bridgehead atoms. The third-order valence-corrected chi connectivity index (χ3v) is 2.64. The normalized spacial score (nSPS) is 10.2. The summed E-state index contributed by atoms with van der Waals surface area (Å²) in [6, 6.07) is 7.88. The lowest BCUT2D eigenvalue weighted by molar-refractivity contribution is 1.15. The number of hydrogen-bond donors (Lipinski definition) is 2. The van der Waals surface area contributed by atoms with Gasteiger partial charge in [-0.15, -0.1) is 0 Å². The molecular formula is C12H13N3. The third kappa shape index (κ3) is 1.44.